The van der Waals surface area contributed by atoms with Crippen molar-refractivity contribution < 1.29 is 14.1 Å². The molecule has 0 spiro atoms. The van der Waals surface area contributed by atoms with Crippen LogP contribution in [0.2, 0.25) is 5.02 Å². The van der Waals surface area contributed by atoms with Crippen LogP contribution in [0.25, 0.3) is 0 Å². The van der Waals surface area contributed by atoms with E-state index in [0.717, 1.165) is 29.0 Å². The summed E-state index contributed by atoms with van der Waals surface area (Å²) in [4.78, 5) is 14.5. The van der Waals surface area contributed by atoms with Crippen LogP contribution in [0.5, 0.6) is 0 Å². The Balaban J connectivity index is 1.68. The van der Waals surface area contributed by atoms with Crippen LogP contribution in [0.1, 0.15) is 42.5 Å². The highest BCUT2D eigenvalue weighted by atomic mass is 35.5. The zero-order valence-electron chi connectivity index (χ0n) is 15.3. The van der Waals surface area contributed by atoms with E-state index in [0.29, 0.717) is 24.7 Å². The molecule has 26 heavy (non-hydrogen) atoms. The number of morpholine rings is 1. The molecule has 0 aliphatic carbocycles. The largest absolute Gasteiger partial charge is 0.370 e. The molecule has 140 valence electrons. The molecule has 0 bridgehead atoms. The van der Waals surface area contributed by atoms with E-state index in [9.17, 15) is 4.79 Å². The van der Waals surface area contributed by atoms with Gasteiger partial charge in [0.1, 0.15) is 11.9 Å². The minimum Gasteiger partial charge on any atom is -0.370 e. The summed E-state index contributed by atoms with van der Waals surface area (Å²) < 4.78 is 11.1. The maximum Gasteiger partial charge on any atom is 0.318 e. The van der Waals surface area contributed by atoms with Crippen LogP contribution in [-0.4, -0.2) is 35.3 Å². The maximum absolute atomic E-state index is 12.7. The van der Waals surface area contributed by atoms with E-state index in [2.05, 4.69) is 10.5 Å². The van der Waals surface area contributed by atoms with Gasteiger partial charge in [-0.25, -0.2) is 4.79 Å². The Morgan fingerprint density at radius 3 is 3.00 bits per heavy atom. The van der Waals surface area contributed by atoms with Crippen molar-refractivity contribution in [1.29, 1.82) is 0 Å². The number of hydrogen-bond donors (Lipinski definition) is 1. The molecule has 1 saturated heterocycles. The van der Waals surface area contributed by atoms with Crippen molar-refractivity contribution in [2.75, 3.05) is 13.2 Å². The third kappa shape index (κ3) is 3.86. The summed E-state index contributed by atoms with van der Waals surface area (Å²) in [5.41, 5.74) is 2.81. The summed E-state index contributed by atoms with van der Waals surface area (Å²) in [6.07, 6.45) is 0.574. The first kappa shape index (κ1) is 18.7. The molecule has 1 aromatic carbocycles. The molecule has 2 heterocycles. The summed E-state index contributed by atoms with van der Waals surface area (Å²) in [5.74, 6) is 0.744. The third-order valence-electron chi connectivity index (χ3n) is 4.81. The van der Waals surface area contributed by atoms with E-state index in [1.54, 1.807) is 0 Å². The molecule has 0 unspecified atom stereocenters. The summed E-state index contributed by atoms with van der Waals surface area (Å²) in [5, 5.41) is 7.68. The summed E-state index contributed by atoms with van der Waals surface area (Å²) >= 11 is 6.10. The van der Waals surface area contributed by atoms with Crippen molar-refractivity contribution >= 4 is 17.6 Å². The van der Waals surface area contributed by atoms with Gasteiger partial charge >= 0.3 is 6.03 Å². The zero-order chi connectivity index (χ0) is 18.7. The highest BCUT2D eigenvalue weighted by Crippen LogP contribution is 2.30. The lowest BCUT2D eigenvalue weighted by Gasteiger charge is -2.39. The number of urea groups is 1. The first-order valence-corrected chi connectivity index (χ1v) is 9.24. The van der Waals surface area contributed by atoms with Gasteiger partial charge in [0.05, 0.1) is 18.3 Å². The molecule has 0 radical (unpaired) electrons. The van der Waals surface area contributed by atoms with Crippen LogP contribution in [0.3, 0.4) is 0 Å². The van der Waals surface area contributed by atoms with Crippen molar-refractivity contribution in [1.82, 2.24) is 15.4 Å². The average molecular weight is 378 g/mol. The van der Waals surface area contributed by atoms with Gasteiger partial charge in [-0.1, -0.05) is 35.8 Å². The number of rotatable bonds is 4. The second-order valence-electron chi connectivity index (χ2n) is 6.46. The van der Waals surface area contributed by atoms with Gasteiger partial charge in [0.15, 0.2) is 0 Å². The summed E-state index contributed by atoms with van der Waals surface area (Å²) in [6, 6.07) is 7.37. The fourth-order valence-electron chi connectivity index (χ4n) is 3.34. The highest BCUT2D eigenvalue weighted by molar-refractivity contribution is 6.30. The lowest BCUT2D eigenvalue weighted by Crippen LogP contribution is -2.52. The Morgan fingerprint density at radius 2 is 2.27 bits per heavy atom. The number of ether oxygens (including phenoxy) is 1. The van der Waals surface area contributed by atoms with Gasteiger partial charge in [-0.05, 0) is 38.0 Å². The van der Waals surface area contributed by atoms with Crippen molar-refractivity contribution in [2.24, 2.45) is 0 Å². The molecule has 1 aliphatic heterocycles. The van der Waals surface area contributed by atoms with Crippen LogP contribution in [0, 0.1) is 6.92 Å². The van der Waals surface area contributed by atoms with Crippen molar-refractivity contribution in [3.05, 3.63) is 51.9 Å². The Labute approximate surface area is 158 Å². The van der Waals surface area contributed by atoms with E-state index in [1.165, 1.54) is 0 Å². The van der Waals surface area contributed by atoms with Crippen LogP contribution in [0.15, 0.2) is 28.8 Å². The van der Waals surface area contributed by atoms with E-state index in [4.69, 9.17) is 20.9 Å². The number of aryl methyl sites for hydroxylation is 2. The van der Waals surface area contributed by atoms with E-state index in [-0.39, 0.29) is 18.2 Å². The Morgan fingerprint density at radius 1 is 1.46 bits per heavy atom. The lowest BCUT2D eigenvalue weighted by molar-refractivity contribution is -0.0498. The number of nitrogens with zero attached hydrogens (tertiary/aromatic N) is 2. The van der Waals surface area contributed by atoms with E-state index in [1.807, 2.05) is 49.9 Å². The normalized spacial score (nSPS) is 20.2. The number of amides is 2. The number of hydrogen-bond acceptors (Lipinski definition) is 4. The second kappa shape index (κ2) is 8.10. The lowest BCUT2D eigenvalue weighted by atomic mass is 10.0. The number of carbonyl (C=O) groups is 1. The predicted molar refractivity (Wildman–Crippen MR) is 99.2 cm³/mol. The quantitative estimate of drug-likeness (QED) is 0.878. The summed E-state index contributed by atoms with van der Waals surface area (Å²) in [6.45, 7) is 7.31. The highest BCUT2D eigenvalue weighted by Gasteiger charge is 2.33. The van der Waals surface area contributed by atoms with Crippen molar-refractivity contribution in [3.8, 4) is 0 Å². The van der Waals surface area contributed by atoms with Crippen molar-refractivity contribution in [3.63, 3.8) is 0 Å². The second-order valence-corrected chi connectivity index (χ2v) is 6.89. The Bertz CT molecular complexity index is 777. The van der Waals surface area contributed by atoms with Gasteiger partial charge in [-0.2, -0.15) is 0 Å². The number of benzene rings is 1. The number of carbonyl (C=O) groups excluding carboxylic acids is 1. The topological polar surface area (TPSA) is 67.6 Å². The molecule has 7 heteroatoms. The third-order valence-corrected chi connectivity index (χ3v) is 5.05. The van der Waals surface area contributed by atoms with Gasteiger partial charge in [-0.3, -0.25) is 0 Å². The smallest absolute Gasteiger partial charge is 0.318 e. The molecule has 1 aromatic heterocycles. The number of nitrogens with one attached hydrogen (secondary N) is 1. The van der Waals surface area contributed by atoms with Gasteiger partial charge in [-0.15, -0.1) is 0 Å². The minimum atomic E-state index is -0.197. The Kier molecular flexibility index (Phi) is 5.84. The molecule has 1 aliphatic rings. The van der Waals surface area contributed by atoms with Crippen LogP contribution in [-0.2, 0) is 17.7 Å². The summed E-state index contributed by atoms with van der Waals surface area (Å²) in [7, 11) is 0. The van der Waals surface area contributed by atoms with Crippen molar-refractivity contribution in [2.45, 2.75) is 45.9 Å². The SMILES string of the molecule is CCc1noc(C)c1CNC(=O)N1CCO[C@H](c2cccc(Cl)c2)[C@H]1C. The molecule has 2 aromatic rings. The van der Waals surface area contributed by atoms with E-state index < -0.39 is 0 Å². The van der Waals surface area contributed by atoms with Crippen LogP contribution in [0.4, 0.5) is 4.79 Å². The fourth-order valence-corrected chi connectivity index (χ4v) is 3.53. The number of aromatic nitrogens is 1. The van der Waals surface area contributed by atoms with Crippen LogP contribution < -0.4 is 5.32 Å². The van der Waals surface area contributed by atoms with Gasteiger partial charge in [0.25, 0.3) is 0 Å². The Hall–Kier alpha value is -2.05. The zero-order valence-corrected chi connectivity index (χ0v) is 16.0. The predicted octanol–water partition coefficient (Wildman–Crippen LogP) is 3.87. The molecule has 6 nitrogen and oxygen atoms in total. The molecular formula is C19H24ClN3O3. The first-order chi connectivity index (χ1) is 12.5. The molecular weight excluding hydrogens is 354 g/mol. The molecule has 1 N–H and O–H groups in total. The number of halogens is 1. The van der Waals surface area contributed by atoms with Crippen LogP contribution >= 0.6 is 11.6 Å². The van der Waals surface area contributed by atoms with Gasteiger partial charge < -0.3 is 19.5 Å². The molecule has 2 amide bonds. The fraction of sp³-hybridized carbons (Fsp3) is 0.474. The first-order valence-electron chi connectivity index (χ1n) is 8.86. The maximum atomic E-state index is 12.7. The van der Waals surface area contributed by atoms with Gasteiger partial charge in [0, 0.05) is 23.7 Å². The monoisotopic (exact) mass is 377 g/mol. The standard InChI is InChI=1S/C19H24ClN3O3/c1-4-17-16(13(3)26-22-17)11-21-19(24)23-8-9-25-18(12(23)2)14-6-5-7-15(20)10-14/h5-7,10,12,18H,4,8-9,11H2,1-3H3,(H,21,24)/t12-,18+/m1/s1. The minimum absolute atomic E-state index is 0.101. The molecule has 2 atom stereocenters. The molecule has 0 saturated carbocycles. The van der Waals surface area contributed by atoms with Gasteiger partial charge in [0.2, 0.25) is 0 Å². The molecule has 1 fully saturated rings. The molecule has 3 rings (SSSR count). The van der Waals surface area contributed by atoms with E-state index >= 15 is 0 Å². The average Bonchev–Trinajstić information content (AvgIpc) is 2.99.